The van der Waals surface area contributed by atoms with Gasteiger partial charge >= 0.3 is 0 Å². The minimum Gasteiger partial charge on any atom is -0.351 e. The van der Waals surface area contributed by atoms with Crippen molar-refractivity contribution in [3.8, 4) is 0 Å². The fourth-order valence-corrected chi connectivity index (χ4v) is 2.57. The first kappa shape index (κ1) is 23.7. The summed E-state index contributed by atoms with van der Waals surface area (Å²) in [5.41, 5.74) is 6.10. The minimum absolute atomic E-state index is 0. The average Bonchev–Trinajstić information content (AvgIpc) is 2.53. The number of carbonyl (C=O) groups is 2. The van der Waals surface area contributed by atoms with E-state index >= 15 is 0 Å². The molecule has 1 fully saturated rings. The molecule has 0 atom stereocenters. The van der Waals surface area contributed by atoms with E-state index in [1.165, 1.54) is 0 Å². The lowest BCUT2D eigenvalue weighted by atomic mass is 10.0. The summed E-state index contributed by atoms with van der Waals surface area (Å²) in [6, 6.07) is 9.83. The molecule has 1 aromatic carbocycles. The van der Waals surface area contributed by atoms with Crippen molar-refractivity contribution in [1.82, 2.24) is 15.1 Å². The average molecular weight is 391 g/mol. The Hall–Kier alpha value is -1.34. The Labute approximate surface area is 161 Å². The van der Waals surface area contributed by atoms with E-state index in [1.807, 2.05) is 30.3 Å². The Morgan fingerprint density at radius 3 is 2.16 bits per heavy atom. The third-order valence-electron chi connectivity index (χ3n) is 3.91. The predicted octanol–water partition coefficient (Wildman–Crippen LogP) is 1.03. The molecule has 0 saturated carbocycles. The molecule has 2 rings (SSSR count). The topological polar surface area (TPSA) is 78.7 Å². The van der Waals surface area contributed by atoms with Gasteiger partial charge < -0.3 is 16.0 Å². The summed E-state index contributed by atoms with van der Waals surface area (Å²) in [6.45, 7) is 6.97. The highest BCUT2D eigenvalue weighted by Gasteiger charge is 2.30. The monoisotopic (exact) mass is 390 g/mol. The molecule has 25 heavy (non-hydrogen) atoms. The van der Waals surface area contributed by atoms with Crippen molar-refractivity contribution in [2.24, 2.45) is 5.73 Å². The van der Waals surface area contributed by atoms with Crippen molar-refractivity contribution in [3.63, 3.8) is 0 Å². The van der Waals surface area contributed by atoms with E-state index in [4.69, 9.17) is 5.73 Å². The molecule has 0 radical (unpaired) electrons. The van der Waals surface area contributed by atoms with Gasteiger partial charge in [-0.25, -0.2) is 0 Å². The Morgan fingerprint density at radius 2 is 1.64 bits per heavy atom. The Morgan fingerprint density at radius 1 is 1.08 bits per heavy atom. The van der Waals surface area contributed by atoms with E-state index < -0.39 is 5.54 Å². The molecule has 2 amide bonds. The van der Waals surface area contributed by atoms with Gasteiger partial charge in [-0.15, -0.1) is 24.8 Å². The maximum absolute atomic E-state index is 12.1. The molecule has 1 aromatic rings. The number of nitrogens with one attached hydrogen (secondary N) is 1. The van der Waals surface area contributed by atoms with Crippen LogP contribution in [-0.4, -0.2) is 59.9 Å². The second-order valence-electron chi connectivity index (χ2n) is 6.55. The normalized spacial score (nSPS) is 14.9. The summed E-state index contributed by atoms with van der Waals surface area (Å²) in [7, 11) is 0. The highest BCUT2D eigenvalue weighted by Crippen LogP contribution is 2.08. The standard InChI is InChI=1S/C17H26N4O2.2ClH/c1-17(2,18)16(23)21-10-8-20(9-11-21)13-15(22)19-12-14-6-4-3-5-7-14;;/h3-7H,8-13,18H2,1-2H3,(H,19,22);2*1H. The van der Waals surface area contributed by atoms with Crippen LogP contribution in [0.1, 0.15) is 19.4 Å². The maximum atomic E-state index is 12.1. The van der Waals surface area contributed by atoms with Gasteiger partial charge in [0.2, 0.25) is 11.8 Å². The van der Waals surface area contributed by atoms with Gasteiger partial charge in [0.25, 0.3) is 0 Å². The lowest BCUT2D eigenvalue weighted by Gasteiger charge is -2.37. The number of benzene rings is 1. The van der Waals surface area contributed by atoms with Gasteiger partial charge in [-0.05, 0) is 19.4 Å². The number of amides is 2. The first-order valence-corrected chi connectivity index (χ1v) is 7.97. The molecule has 0 aromatic heterocycles. The lowest BCUT2D eigenvalue weighted by Crippen LogP contribution is -2.57. The van der Waals surface area contributed by atoms with Gasteiger partial charge in [0, 0.05) is 32.7 Å². The molecule has 142 valence electrons. The van der Waals surface area contributed by atoms with Crippen LogP contribution in [0.3, 0.4) is 0 Å². The van der Waals surface area contributed by atoms with E-state index in [0.717, 1.165) is 5.56 Å². The zero-order valence-electron chi connectivity index (χ0n) is 14.7. The van der Waals surface area contributed by atoms with E-state index in [1.54, 1.807) is 18.7 Å². The number of halogens is 2. The van der Waals surface area contributed by atoms with Crippen molar-refractivity contribution in [3.05, 3.63) is 35.9 Å². The number of piperazine rings is 1. The van der Waals surface area contributed by atoms with E-state index in [-0.39, 0.29) is 36.6 Å². The molecule has 6 nitrogen and oxygen atoms in total. The van der Waals surface area contributed by atoms with Crippen LogP contribution in [0.2, 0.25) is 0 Å². The minimum atomic E-state index is -0.838. The summed E-state index contributed by atoms with van der Waals surface area (Å²) < 4.78 is 0. The van der Waals surface area contributed by atoms with E-state index in [9.17, 15) is 9.59 Å². The van der Waals surface area contributed by atoms with E-state index in [0.29, 0.717) is 39.3 Å². The van der Waals surface area contributed by atoms with Crippen LogP contribution >= 0.6 is 24.8 Å². The predicted molar refractivity (Wildman–Crippen MR) is 104 cm³/mol. The molecule has 0 bridgehead atoms. The summed E-state index contributed by atoms with van der Waals surface area (Å²) in [6.07, 6.45) is 0. The van der Waals surface area contributed by atoms with Gasteiger partial charge in [-0.2, -0.15) is 0 Å². The molecule has 1 heterocycles. The molecular formula is C17H28Cl2N4O2. The Balaban J connectivity index is 0.00000288. The molecule has 1 saturated heterocycles. The highest BCUT2D eigenvalue weighted by molar-refractivity contribution is 5.86. The van der Waals surface area contributed by atoms with Crippen molar-refractivity contribution in [2.75, 3.05) is 32.7 Å². The number of carbonyl (C=O) groups excluding carboxylic acids is 2. The summed E-state index contributed by atoms with van der Waals surface area (Å²) >= 11 is 0. The van der Waals surface area contributed by atoms with Crippen LogP contribution in [0.5, 0.6) is 0 Å². The van der Waals surface area contributed by atoms with Gasteiger partial charge in [0.15, 0.2) is 0 Å². The zero-order valence-corrected chi connectivity index (χ0v) is 16.4. The Bertz CT molecular complexity index is 541. The number of nitrogens with zero attached hydrogens (tertiary/aromatic N) is 2. The molecule has 3 N–H and O–H groups in total. The smallest absolute Gasteiger partial charge is 0.242 e. The van der Waals surface area contributed by atoms with Crippen molar-refractivity contribution in [2.45, 2.75) is 25.9 Å². The number of nitrogens with two attached hydrogens (primary N) is 1. The van der Waals surface area contributed by atoms with Crippen LogP contribution in [0.25, 0.3) is 0 Å². The third kappa shape index (κ3) is 7.61. The fraction of sp³-hybridized carbons (Fsp3) is 0.529. The molecular weight excluding hydrogens is 363 g/mol. The zero-order chi connectivity index (χ0) is 16.9. The van der Waals surface area contributed by atoms with Crippen molar-refractivity contribution in [1.29, 1.82) is 0 Å². The van der Waals surface area contributed by atoms with Gasteiger partial charge in [-0.3, -0.25) is 14.5 Å². The largest absolute Gasteiger partial charge is 0.351 e. The SMILES string of the molecule is CC(C)(N)C(=O)N1CCN(CC(=O)NCc2ccccc2)CC1.Cl.Cl. The first-order chi connectivity index (χ1) is 10.9. The number of rotatable bonds is 5. The Kier molecular flexibility index (Phi) is 10.0. The third-order valence-corrected chi connectivity index (χ3v) is 3.91. The second kappa shape index (κ2) is 10.6. The summed E-state index contributed by atoms with van der Waals surface area (Å²) in [4.78, 5) is 28.0. The van der Waals surface area contributed by atoms with Crippen molar-refractivity contribution >= 4 is 36.6 Å². The molecule has 0 aliphatic carbocycles. The molecule has 0 spiro atoms. The van der Waals surface area contributed by atoms with Crippen LogP contribution in [0.15, 0.2) is 30.3 Å². The number of hydrogen-bond donors (Lipinski definition) is 2. The summed E-state index contributed by atoms with van der Waals surface area (Å²) in [5, 5.41) is 2.92. The maximum Gasteiger partial charge on any atom is 0.242 e. The molecule has 8 heteroatoms. The fourth-order valence-electron chi connectivity index (χ4n) is 2.57. The molecule has 0 unspecified atom stereocenters. The van der Waals surface area contributed by atoms with Crippen LogP contribution in [0.4, 0.5) is 0 Å². The first-order valence-electron chi connectivity index (χ1n) is 7.97. The lowest BCUT2D eigenvalue weighted by molar-refractivity contribution is -0.137. The highest BCUT2D eigenvalue weighted by atomic mass is 35.5. The quantitative estimate of drug-likeness (QED) is 0.786. The van der Waals surface area contributed by atoms with Crippen molar-refractivity contribution < 1.29 is 9.59 Å². The second-order valence-corrected chi connectivity index (χ2v) is 6.55. The van der Waals surface area contributed by atoms with Crippen LogP contribution in [0, 0.1) is 0 Å². The van der Waals surface area contributed by atoms with Gasteiger partial charge in [-0.1, -0.05) is 30.3 Å². The van der Waals surface area contributed by atoms with E-state index in [2.05, 4.69) is 10.2 Å². The summed E-state index contributed by atoms with van der Waals surface area (Å²) in [5.74, 6) is -0.0292. The molecule has 1 aliphatic rings. The van der Waals surface area contributed by atoms with Crippen LogP contribution in [-0.2, 0) is 16.1 Å². The van der Waals surface area contributed by atoms with Crippen LogP contribution < -0.4 is 11.1 Å². The van der Waals surface area contributed by atoms with Gasteiger partial charge in [0.05, 0.1) is 12.1 Å². The molecule has 1 aliphatic heterocycles. The number of hydrogen-bond acceptors (Lipinski definition) is 4. The van der Waals surface area contributed by atoms with Gasteiger partial charge in [0.1, 0.15) is 0 Å².